The molecule has 0 aromatic heterocycles. The van der Waals surface area contributed by atoms with Crippen LogP contribution in [0.3, 0.4) is 0 Å². The Labute approximate surface area is 121 Å². The molecule has 0 aliphatic carbocycles. The molecule has 0 saturated carbocycles. The van der Waals surface area contributed by atoms with Crippen LogP contribution in [0.1, 0.15) is 31.4 Å². The van der Waals surface area contributed by atoms with Crippen LogP contribution >= 0.6 is 0 Å². The van der Waals surface area contributed by atoms with Gasteiger partial charge in [-0.15, -0.1) is 0 Å². The van der Waals surface area contributed by atoms with E-state index in [0.29, 0.717) is 0 Å². The van der Waals surface area contributed by atoms with Crippen molar-refractivity contribution >= 4 is 5.91 Å². The molecule has 2 rings (SSSR count). The van der Waals surface area contributed by atoms with Crippen LogP contribution in [-0.2, 0) is 4.79 Å². The van der Waals surface area contributed by atoms with Crippen molar-refractivity contribution in [2.24, 2.45) is 5.92 Å². The minimum Gasteiger partial charge on any atom is -0.496 e. The van der Waals surface area contributed by atoms with Gasteiger partial charge in [0, 0.05) is 19.2 Å². The molecular weight excluding hydrogens is 252 g/mol. The lowest BCUT2D eigenvalue weighted by atomic mass is 9.96. The molecule has 0 bridgehead atoms. The van der Waals surface area contributed by atoms with Crippen LogP contribution in [0.4, 0.5) is 0 Å². The number of nitrogens with zero attached hydrogens (tertiary/aromatic N) is 1. The van der Waals surface area contributed by atoms with Gasteiger partial charge in [0.1, 0.15) is 5.75 Å². The number of amides is 1. The molecule has 0 radical (unpaired) electrons. The number of benzene rings is 1. The monoisotopic (exact) mass is 276 g/mol. The quantitative estimate of drug-likeness (QED) is 0.917. The van der Waals surface area contributed by atoms with Crippen LogP contribution in [0.25, 0.3) is 0 Å². The Hall–Kier alpha value is -1.55. The first-order chi connectivity index (χ1) is 9.65. The van der Waals surface area contributed by atoms with E-state index in [1.54, 1.807) is 7.11 Å². The third-order valence-corrected chi connectivity index (χ3v) is 4.16. The van der Waals surface area contributed by atoms with Gasteiger partial charge in [-0.3, -0.25) is 4.79 Å². The van der Waals surface area contributed by atoms with Crippen LogP contribution in [0.15, 0.2) is 24.3 Å². The van der Waals surface area contributed by atoms with Gasteiger partial charge in [-0.2, -0.15) is 0 Å². The number of hydrogen-bond acceptors (Lipinski definition) is 3. The second-order valence-electron chi connectivity index (χ2n) is 5.41. The summed E-state index contributed by atoms with van der Waals surface area (Å²) in [5.74, 6) is 1.16. The van der Waals surface area contributed by atoms with Gasteiger partial charge in [0.05, 0.1) is 19.1 Å². The van der Waals surface area contributed by atoms with E-state index in [1.165, 1.54) is 0 Å². The van der Waals surface area contributed by atoms with Crippen molar-refractivity contribution < 1.29 is 9.53 Å². The predicted molar refractivity (Wildman–Crippen MR) is 79.8 cm³/mol. The molecule has 1 heterocycles. The lowest BCUT2D eigenvalue weighted by molar-refractivity contribution is -0.136. The lowest BCUT2D eigenvalue weighted by Gasteiger charge is -2.31. The Morgan fingerprint density at radius 2 is 2.20 bits per heavy atom. The summed E-state index contributed by atoms with van der Waals surface area (Å²) < 4.78 is 5.39. The van der Waals surface area contributed by atoms with Crippen molar-refractivity contribution in [1.82, 2.24) is 10.2 Å². The first-order valence-corrected chi connectivity index (χ1v) is 7.25. The lowest BCUT2D eigenvalue weighted by Crippen LogP contribution is -2.42. The molecule has 1 saturated heterocycles. The van der Waals surface area contributed by atoms with E-state index >= 15 is 0 Å². The standard InChI is InChI=1S/C16H24N2O2/c1-12(14-8-4-5-9-15(14)20-3)18(2)16(19)13-7-6-10-17-11-13/h4-5,8-9,12-13,17H,6-7,10-11H2,1-3H3. The molecular formula is C16H24N2O2. The van der Waals surface area contributed by atoms with E-state index < -0.39 is 0 Å². The summed E-state index contributed by atoms with van der Waals surface area (Å²) in [4.78, 5) is 14.4. The highest BCUT2D eigenvalue weighted by Gasteiger charge is 2.27. The Morgan fingerprint density at radius 3 is 2.85 bits per heavy atom. The summed E-state index contributed by atoms with van der Waals surface area (Å²) in [6, 6.07) is 7.90. The topological polar surface area (TPSA) is 41.6 Å². The molecule has 20 heavy (non-hydrogen) atoms. The predicted octanol–water partition coefficient (Wildman–Crippen LogP) is 2.21. The van der Waals surface area contributed by atoms with Crippen molar-refractivity contribution in [3.05, 3.63) is 29.8 Å². The van der Waals surface area contributed by atoms with E-state index in [0.717, 1.165) is 37.2 Å². The Balaban J connectivity index is 2.11. The summed E-state index contributed by atoms with van der Waals surface area (Å²) in [5, 5.41) is 3.30. The smallest absolute Gasteiger partial charge is 0.227 e. The zero-order chi connectivity index (χ0) is 14.5. The van der Waals surface area contributed by atoms with E-state index in [-0.39, 0.29) is 17.9 Å². The highest BCUT2D eigenvalue weighted by atomic mass is 16.5. The van der Waals surface area contributed by atoms with Gasteiger partial charge in [0.25, 0.3) is 0 Å². The first-order valence-electron chi connectivity index (χ1n) is 7.25. The van der Waals surface area contributed by atoms with Gasteiger partial charge >= 0.3 is 0 Å². The molecule has 1 aliphatic heterocycles. The van der Waals surface area contributed by atoms with Gasteiger partial charge in [0.2, 0.25) is 5.91 Å². The average molecular weight is 276 g/mol. The first kappa shape index (κ1) is 14.9. The normalized spacial score (nSPS) is 20.2. The van der Waals surface area contributed by atoms with E-state index in [1.807, 2.05) is 43.1 Å². The van der Waals surface area contributed by atoms with E-state index in [2.05, 4.69) is 5.32 Å². The van der Waals surface area contributed by atoms with Gasteiger partial charge in [-0.1, -0.05) is 18.2 Å². The molecule has 1 aromatic carbocycles. The minimum absolute atomic E-state index is 0.0144. The van der Waals surface area contributed by atoms with Crippen molar-refractivity contribution in [2.75, 3.05) is 27.2 Å². The second kappa shape index (κ2) is 6.75. The number of nitrogens with one attached hydrogen (secondary N) is 1. The van der Waals surface area contributed by atoms with Crippen molar-refractivity contribution in [3.63, 3.8) is 0 Å². The largest absolute Gasteiger partial charge is 0.496 e. The van der Waals surface area contributed by atoms with Crippen molar-refractivity contribution in [1.29, 1.82) is 0 Å². The maximum atomic E-state index is 12.6. The number of para-hydroxylation sites is 1. The third-order valence-electron chi connectivity index (χ3n) is 4.16. The number of carbonyl (C=O) groups is 1. The molecule has 1 fully saturated rings. The van der Waals surface area contributed by atoms with E-state index in [9.17, 15) is 4.79 Å². The van der Waals surface area contributed by atoms with Gasteiger partial charge in [-0.05, 0) is 32.4 Å². The number of ether oxygens (including phenoxy) is 1. The molecule has 1 amide bonds. The second-order valence-corrected chi connectivity index (χ2v) is 5.41. The Kier molecular flexibility index (Phi) is 5.01. The molecule has 2 atom stereocenters. The van der Waals surface area contributed by atoms with Gasteiger partial charge < -0.3 is 15.0 Å². The maximum Gasteiger partial charge on any atom is 0.227 e. The zero-order valence-electron chi connectivity index (χ0n) is 12.6. The van der Waals surface area contributed by atoms with Crippen LogP contribution in [0.5, 0.6) is 5.75 Å². The Bertz CT molecular complexity index is 456. The average Bonchev–Trinajstić information content (AvgIpc) is 2.53. The van der Waals surface area contributed by atoms with Crippen molar-refractivity contribution in [3.8, 4) is 5.75 Å². The molecule has 1 aromatic rings. The number of methoxy groups -OCH3 is 1. The molecule has 4 nitrogen and oxygen atoms in total. The SMILES string of the molecule is COc1ccccc1C(C)N(C)C(=O)C1CCCNC1. The Morgan fingerprint density at radius 1 is 1.45 bits per heavy atom. The number of carbonyl (C=O) groups excluding carboxylic acids is 1. The molecule has 2 unspecified atom stereocenters. The molecule has 1 aliphatic rings. The van der Waals surface area contributed by atoms with Crippen LogP contribution < -0.4 is 10.1 Å². The highest BCUT2D eigenvalue weighted by Crippen LogP contribution is 2.29. The molecule has 0 spiro atoms. The molecule has 110 valence electrons. The summed E-state index contributed by atoms with van der Waals surface area (Å²) >= 11 is 0. The van der Waals surface area contributed by atoms with Gasteiger partial charge in [-0.25, -0.2) is 0 Å². The summed E-state index contributed by atoms with van der Waals surface area (Å²) in [7, 11) is 3.55. The fraction of sp³-hybridized carbons (Fsp3) is 0.562. The third kappa shape index (κ3) is 3.12. The maximum absolute atomic E-state index is 12.6. The fourth-order valence-corrected chi connectivity index (χ4v) is 2.76. The highest BCUT2D eigenvalue weighted by molar-refractivity contribution is 5.79. The van der Waals surface area contributed by atoms with Crippen LogP contribution in [0, 0.1) is 5.92 Å². The fourth-order valence-electron chi connectivity index (χ4n) is 2.76. The van der Waals surface area contributed by atoms with Gasteiger partial charge in [0.15, 0.2) is 0 Å². The number of piperidine rings is 1. The zero-order valence-corrected chi connectivity index (χ0v) is 12.6. The molecule has 1 N–H and O–H groups in total. The number of hydrogen-bond donors (Lipinski definition) is 1. The van der Waals surface area contributed by atoms with Crippen LogP contribution in [0.2, 0.25) is 0 Å². The minimum atomic E-state index is 0.0144. The van der Waals surface area contributed by atoms with E-state index in [4.69, 9.17) is 4.74 Å². The van der Waals surface area contributed by atoms with Crippen molar-refractivity contribution in [2.45, 2.75) is 25.8 Å². The molecule has 4 heteroatoms. The summed E-state index contributed by atoms with van der Waals surface area (Å²) in [6.45, 7) is 3.86. The summed E-state index contributed by atoms with van der Waals surface area (Å²) in [5.41, 5.74) is 1.05. The van der Waals surface area contributed by atoms with Crippen LogP contribution in [-0.4, -0.2) is 38.1 Å². The summed E-state index contributed by atoms with van der Waals surface area (Å²) in [6.07, 6.45) is 2.06. The number of rotatable bonds is 4.